The number of hydrogen-bond acceptors (Lipinski definition) is 7. The zero-order chi connectivity index (χ0) is 30.1. The summed E-state index contributed by atoms with van der Waals surface area (Å²) in [5.74, 6) is 1.86. The number of nitrogens with one attached hydrogen (secondary N) is 2. The number of ether oxygens (including phenoxy) is 1. The molecule has 0 atom stereocenters. The molecule has 0 spiro atoms. The highest BCUT2D eigenvalue weighted by atomic mass is 16.5. The molecule has 0 radical (unpaired) electrons. The number of aromatic nitrogens is 4. The van der Waals surface area contributed by atoms with Crippen molar-refractivity contribution in [2.24, 2.45) is 0 Å². The third-order valence-electron chi connectivity index (χ3n) is 8.23. The molecule has 1 saturated carbocycles. The standard InChI is InChI=1S/C33H37N5O4/c1-16-27(17(2)42-38-16)24-12-25-23(13-26(24)41-8)28-29(34-18(3)35-30(28)37-25)19-9-20(11-21(10-19)32(4,5)6)31(39)36-22-14-33(7,40)15-22/h9-13,22,40H,14-15H2,1-8H3,(H,36,39)(H,34,35,37). The van der Waals surface area contributed by atoms with Gasteiger partial charge in [-0.1, -0.05) is 25.9 Å². The van der Waals surface area contributed by atoms with E-state index >= 15 is 0 Å². The van der Waals surface area contributed by atoms with Crippen LogP contribution in [0.5, 0.6) is 5.75 Å². The minimum atomic E-state index is -0.720. The Labute approximate surface area is 244 Å². The van der Waals surface area contributed by atoms with Crippen LogP contribution >= 0.6 is 0 Å². The van der Waals surface area contributed by atoms with Crippen LogP contribution in [-0.4, -0.2) is 49.9 Å². The highest BCUT2D eigenvalue weighted by Gasteiger charge is 2.39. The molecule has 1 aliphatic rings. The van der Waals surface area contributed by atoms with Gasteiger partial charge in [0.15, 0.2) is 0 Å². The zero-order valence-corrected chi connectivity index (χ0v) is 25.4. The maximum absolute atomic E-state index is 13.4. The number of aryl methyl sites for hydroxylation is 3. The normalized spacial score (nSPS) is 18.8. The largest absolute Gasteiger partial charge is 0.496 e. The van der Waals surface area contributed by atoms with Crippen LogP contribution in [0.25, 0.3) is 44.3 Å². The number of nitrogens with zero attached hydrogens (tertiary/aromatic N) is 3. The molecule has 1 fully saturated rings. The van der Waals surface area contributed by atoms with Gasteiger partial charge in [-0.2, -0.15) is 0 Å². The van der Waals surface area contributed by atoms with Crippen molar-refractivity contribution in [3.8, 4) is 28.1 Å². The quantitative estimate of drug-likeness (QED) is 0.227. The molecule has 1 amide bonds. The van der Waals surface area contributed by atoms with Gasteiger partial charge in [-0.05, 0) is 81.8 Å². The molecule has 0 saturated heterocycles. The summed E-state index contributed by atoms with van der Waals surface area (Å²) in [6.45, 7) is 13.9. The maximum atomic E-state index is 13.4. The van der Waals surface area contributed by atoms with E-state index in [1.807, 2.05) is 45.0 Å². The Bertz CT molecular complexity index is 1850. The van der Waals surface area contributed by atoms with Crippen molar-refractivity contribution in [3.05, 3.63) is 58.7 Å². The third-order valence-corrected chi connectivity index (χ3v) is 8.23. The molecular formula is C33H37N5O4. The van der Waals surface area contributed by atoms with Crippen molar-refractivity contribution in [2.75, 3.05) is 7.11 Å². The summed E-state index contributed by atoms with van der Waals surface area (Å²) in [5.41, 5.74) is 6.37. The summed E-state index contributed by atoms with van der Waals surface area (Å²) in [4.78, 5) is 26.6. The lowest BCUT2D eigenvalue weighted by molar-refractivity contribution is -0.0366. The van der Waals surface area contributed by atoms with E-state index in [-0.39, 0.29) is 17.4 Å². The first-order chi connectivity index (χ1) is 19.7. The van der Waals surface area contributed by atoms with Crippen LogP contribution in [-0.2, 0) is 5.41 Å². The van der Waals surface area contributed by atoms with Gasteiger partial charge in [0.25, 0.3) is 5.91 Å². The van der Waals surface area contributed by atoms with Crippen molar-refractivity contribution in [1.82, 2.24) is 25.4 Å². The molecule has 0 bridgehead atoms. The Hall–Kier alpha value is -4.24. The van der Waals surface area contributed by atoms with Gasteiger partial charge in [0, 0.05) is 33.6 Å². The number of hydrogen-bond donors (Lipinski definition) is 3. The minimum absolute atomic E-state index is 0.0461. The summed E-state index contributed by atoms with van der Waals surface area (Å²) in [5, 5.41) is 19.1. The van der Waals surface area contributed by atoms with Crippen LogP contribution < -0.4 is 10.1 Å². The monoisotopic (exact) mass is 567 g/mol. The van der Waals surface area contributed by atoms with E-state index in [0.717, 1.165) is 49.9 Å². The number of H-pyrrole nitrogens is 1. The molecule has 1 aliphatic carbocycles. The van der Waals surface area contributed by atoms with Gasteiger partial charge < -0.3 is 24.7 Å². The number of rotatable bonds is 5. The number of aromatic amines is 1. The fourth-order valence-electron chi connectivity index (χ4n) is 6.08. The molecule has 6 rings (SSSR count). The van der Waals surface area contributed by atoms with Crippen LogP contribution in [0.4, 0.5) is 0 Å². The molecule has 5 aromatic rings. The molecule has 0 unspecified atom stereocenters. The van der Waals surface area contributed by atoms with Crippen molar-refractivity contribution < 1.29 is 19.2 Å². The molecule has 218 valence electrons. The van der Waals surface area contributed by atoms with Gasteiger partial charge in [0.2, 0.25) is 0 Å². The van der Waals surface area contributed by atoms with Crippen molar-refractivity contribution in [1.29, 1.82) is 0 Å². The lowest BCUT2D eigenvalue weighted by Crippen LogP contribution is -2.53. The summed E-state index contributed by atoms with van der Waals surface area (Å²) in [6.07, 6.45) is 1.09. The van der Waals surface area contributed by atoms with Gasteiger partial charge in [0.05, 0.1) is 35.0 Å². The fraction of sp³-hybridized carbons (Fsp3) is 0.394. The second-order valence-electron chi connectivity index (χ2n) is 12.9. The fourth-order valence-corrected chi connectivity index (χ4v) is 6.08. The van der Waals surface area contributed by atoms with Crippen molar-refractivity contribution in [2.45, 2.75) is 78.4 Å². The Balaban J connectivity index is 1.54. The summed E-state index contributed by atoms with van der Waals surface area (Å²) >= 11 is 0. The van der Waals surface area contributed by atoms with Crippen LogP contribution in [0, 0.1) is 20.8 Å². The maximum Gasteiger partial charge on any atom is 0.251 e. The van der Waals surface area contributed by atoms with Crippen LogP contribution in [0.15, 0.2) is 34.9 Å². The first-order valence-electron chi connectivity index (χ1n) is 14.2. The Morgan fingerprint density at radius 3 is 2.48 bits per heavy atom. The van der Waals surface area contributed by atoms with E-state index in [1.54, 1.807) is 14.0 Å². The topological polar surface area (TPSA) is 126 Å². The SMILES string of the molecule is COc1cc2c(cc1-c1c(C)noc1C)[nH]c1nc(C)nc(-c3cc(C(=O)NC4CC(C)(O)C4)cc(C(C)(C)C)c3)c12. The lowest BCUT2D eigenvalue weighted by atomic mass is 9.77. The number of methoxy groups -OCH3 is 1. The van der Waals surface area contributed by atoms with E-state index < -0.39 is 5.60 Å². The van der Waals surface area contributed by atoms with E-state index in [1.165, 1.54) is 0 Å². The number of amides is 1. The number of aliphatic hydroxyl groups is 1. The molecule has 0 aliphatic heterocycles. The van der Waals surface area contributed by atoms with Crippen LogP contribution in [0.3, 0.4) is 0 Å². The number of benzene rings is 2. The van der Waals surface area contributed by atoms with E-state index in [9.17, 15) is 9.90 Å². The molecule has 3 N–H and O–H groups in total. The van der Waals surface area contributed by atoms with E-state index in [0.29, 0.717) is 41.4 Å². The van der Waals surface area contributed by atoms with Crippen molar-refractivity contribution >= 4 is 27.8 Å². The first kappa shape index (κ1) is 27.9. The Kier molecular flexibility index (Phi) is 6.42. The predicted octanol–water partition coefficient (Wildman–Crippen LogP) is 6.31. The summed E-state index contributed by atoms with van der Waals surface area (Å²) in [6, 6.07) is 9.96. The molecule has 9 heteroatoms. The highest BCUT2D eigenvalue weighted by Crippen LogP contribution is 2.42. The average molecular weight is 568 g/mol. The molecule has 9 nitrogen and oxygen atoms in total. The third kappa shape index (κ3) is 4.81. The van der Waals surface area contributed by atoms with Gasteiger partial charge >= 0.3 is 0 Å². The number of fused-ring (bicyclic) bond motifs is 3. The second-order valence-corrected chi connectivity index (χ2v) is 12.9. The van der Waals surface area contributed by atoms with Gasteiger partial charge in [0.1, 0.15) is 23.0 Å². The van der Waals surface area contributed by atoms with Gasteiger partial charge in [-0.3, -0.25) is 4.79 Å². The molecule has 2 aromatic carbocycles. The highest BCUT2D eigenvalue weighted by molar-refractivity contribution is 6.14. The van der Waals surface area contributed by atoms with Crippen LogP contribution in [0.1, 0.15) is 73.7 Å². The molecule has 3 aromatic heterocycles. The summed E-state index contributed by atoms with van der Waals surface area (Å²) < 4.78 is 11.3. The predicted molar refractivity (Wildman–Crippen MR) is 163 cm³/mol. The van der Waals surface area contributed by atoms with Crippen LogP contribution in [0.2, 0.25) is 0 Å². The number of carbonyl (C=O) groups is 1. The molecular weight excluding hydrogens is 530 g/mol. The zero-order valence-electron chi connectivity index (χ0n) is 25.4. The first-order valence-corrected chi connectivity index (χ1v) is 14.2. The second kappa shape index (κ2) is 9.66. The van der Waals surface area contributed by atoms with Gasteiger partial charge in [-0.25, -0.2) is 9.97 Å². The average Bonchev–Trinajstić information content (AvgIpc) is 3.43. The Morgan fingerprint density at radius 1 is 1.12 bits per heavy atom. The Morgan fingerprint density at radius 2 is 1.86 bits per heavy atom. The molecule has 42 heavy (non-hydrogen) atoms. The minimum Gasteiger partial charge on any atom is -0.496 e. The number of carbonyl (C=O) groups excluding carboxylic acids is 1. The van der Waals surface area contributed by atoms with E-state index in [2.05, 4.69) is 42.3 Å². The smallest absolute Gasteiger partial charge is 0.251 e. The van der Waals surface area contributed by atoms with Crippen molar-refractivity contribution in [3.63, 3.8) is 0 Å². The molecule has 3 heterocycles. The lowest BCUT2D eigenvalue weighted by Gasteiger charge is -2.41. The van der Waals surface area contributed by atoms with Gasteiger partial charge in [-0.15, -0.1) is 0 Å². The summed E-state index contributed by atoms with van der Waals surface area (Å²) in [7, 11) is 1.65. The van der Waals surface area contributed by atoms with E-state index in [4.69, 9.17) is 19.2 Å².